The Labute approximate surface area is 226 Å². The number of aliphatic carboxylic acids is 1. The molecule has 2 amide bonds. The van der Waals surface area contributed by atoms with Crippen LogP contribution in [0.1, 0.15) is 24.0 Å². The lowest BCUT2D eigenvalue weighted by Gasteiger charge is -2.30. The van der Waals surface area contributed by atoms with Gasteiger partial charge in [0.15, 0.2) is 0 Å². The molecule has 2 aromatic rings. The zero-order valence-electron chi connectivity index (χ0n) is 21.6. The summed E-state index contributed by atoms with van der Waals surface area (Å²) in [4.78, 5) is 49.3. The van der Waals surface area contributed by atoms with Gasteiger partial charge in [-0.05, 0) is 56.1 Å². The first-order chi connectivity index (χ1) is 18.5. The van der Waals surface area contributed by atoms with Gasteiger partial charge in [-0.3, -0.25) is 9.59 Å². The maximum atomic E-state index is 13.6. The maximum absolute atomic E-state index is 13.6. The van der Waals surface area contributed by atoms with Gasteiger partial charge in [-0.25, -0.2) is 22.3 Å². The largest absolute Gasteiger partial charge is 0.480 e. The quantitative estimate of drug-likeness (QED) is 0.288. The summed E-state index contributed by atoms with van der Waals surface area (Å²) in [6.45, 7) is 2.69. The first-order valence-electron chi connectivity index (χ1n) is 12.2. The number of hydrogen-bond donors (Lipinski definition) is 2. The molecule has 0 aliphatic carbocycles. The SMILES string of the molecule is Cc1ccc(S(=O)(=O)N(C(=O)[C@@H]2CCCN2)[C@@H](Cc2ccc(OC(=O)N(C)CCOC=O)cc2)C(=O)O)cc1. The van der Waals surface area contributed by atoms with Gasteiger partial charge in [0.05, 0.1) is 17.5 Å². The van der Waals surface area contributed by atoms with Gasteiger partial charge in [0.25, 0.3) is 22.4 Å². The minimum atomic E-state index is -4.51. The summed E-state index contributed by atoms with van der Waals surface area (Å²) in [6.07, 6.45) is 0.0360. The van der Waals surface area contributed by atoms with E-state index in [1.54, 1.807) is 19.1 Å². The number of rotatable bonds is 12. The average Bonchev–Trinajstić information content (AvgIpc) is 3.44. The van der Waals surface area contributed by atoms with E-state index in [1.165, 1.54) is 48.3 Å². The number of carbonyl (C=O) groups excluding carboxylic acids is 3. The molecule has 0 radical (unpaired) electrons. The van der Waals surface area contributed by atoms with E-state index < -0.39 is 40.1 Å². The molecule has 1 aliphatic heterocycles. The Balaban J connectivity index is 1.84. The number of aryl methyl sites for hydroxylation is 1. The predicted octanol–water partition coefficient (Wildman–Crippen LogP) is 1.56. The third-order valence-corrected chi connectivity index (χ3v) is 8.02. The molecule has 1 aliphatic rings. The van der Waals surface area contributed by atoms with Crippen LogP contribution in [0.15, 0.2) is 53.4 Å². The van der Waals surface area contributed by atoms with Gasteiger partial charge in [0.2, 0.25) is 0 Å². The number of likely N-dealkylation sites (N-methyl/N-ethyl adjacent to an activating group) is 1. The highest BCUT2D eigenvalue weighted by Crippen LogP contribution is 2.25. The van der Waals surface area contributed by atoms with Crippen LogP contribution in [0.5, 0.6) is 5.75 Å². The topological polar surface area (TPSA) is 160 Å². The molecule has 0 saturated carbocycles. The third kappa shape index (κ3) is 7.54. The molecule has 0 aromatic heterocycles. The lowest BCUT2D eigenvalue weighted by atomic mass is 10.0. The van der Waals surface area contributed by atoms with Crippen LogP contribution >= 0.6 is 0 Å². The summed E-state index contributed by atoms with van der Waals surface area (Å²) >= 11 is 0. The van der Waals surface area contributed by atoms with E-state index in [9.17, 15) is 32.7 Å². The number of carboxylic acids is 1. The summed E-state index contributed by atoms with van der Waals surface area (Å²) in [5, 5.41) is 13.0. The van der Waals surface area contributed by atoms with E-state index in [2.05, 4.69) is 10.1 Å². The van der Waals surface area contributed by atoms with E-state index in [0.717, 1.165) is 5.56 Å². The van der Waals surface area contributed by atoms with Gasteiger partial charge in [0, 0.05) is 13.5 Å². The number of carboxylic acid groups (broad SMARTS) is 1. The minimum Gasteiger partial charge on any atom is -0.480 e. The van der Waals surface area contributed by atoms with Crippen molar-refractivity contribution >= 4 is 34.5 Å². The van der Waals surface area contributed by atoms with Crippen molar-refractivity contribution < 1.29 is 42.2 Å². The van der Waals surface area contributed by atoms with Crippen LogP contribution in [-0.4, -0.2) is 86.0 Å². The molecule has 2 aromatic carbocycles. The molecule has 1 fully saturated rings. The number of sulfonamides is 1. The Morgan fingerprint density at radius 3 is 2.36 bits per heavy atom. The molecule has 1 heterocycles. The number of amides is 2. The fourth-order valence-electron chi connectivity index (χ4n) is 4.01. The molecular weight excluding hydrogens is 530 g/mol. The standard InChI is InChI=1S/C26H31N3O9S/c1-18-5-11-21(12-6-18)39(35,36)29(24(31)22-4-3-13-27-22)23(25(32)33)16-19-7-9-20(10-8-19)38-26(34)28(2)14-15-37-17-30/h5-12,17,22-23,27H,3-4,13-16H2,1-2H3,(H,32,33)/t22-,23-/m0/s1. The van der Waals surface area contributed by atoms with Crippen LogP contribution in [0, 0.1) is 6.92 Å². The van der Waals surface area contributed by atoms with E-state index in [1.807, 2.05) is 0 Å². The molecule has 12 nitrogen and oxygen atoms in total. The molecule has 2 atom stereocenters. The van der Waals surface area contributed by atoms with Gasteiger partial charge >= 0.3 is 12.1 Å². The molecular formula is C26H31N3O9S. The van der Waals surface area contributed by atoms with Crippen LogP contribution < -0.4 is 10.1 Å². The van der Waals surface area contributed by atoms with Gasteiger partial charge in [-0.15, -0.1) is 0 Å². The van der Waals surface area contributed by atoms with Crippen LogP contribution in [0.3, 0.4) is 0 Å². The van der Waals surface area contributed by atoms with Crippen molar-refractivity contribution in [3.63, 3.8) is 0 Å². The van der Waals surface area contributed by atoms with Crippen molar-refractivity contribution in [3.8, 4) is 5.75 Å². The van der Waals surface area contributed by atoms with Gasteiger partial charge in [0.1, 0.15) is 18.4 Å². The third-order valence-electron chi connectivity index (χ3n) is 6.20. The Kier molecular flexibility index (Phi) is 10.0. The Morgan fingerprint density at radius 2 is 1.79 bits per heavy atom. The average molecular weight is 562 g/mol. The summed E-state index contributed by atoms with van der Waals surface area (Å²) in [5.41, 5.74) is 1.21. The van der Waals surface area contributed by atoms with Crippen LogP contribution in [0.25, 0.3) is 0 Å². The molecule has 0 unspecified atom stereocenters. The van der Waals surface area contributed by atoms with E-state index in [4.69, 9.17) is 4.74 Å². The van der Waals surface area contributed by atoms with Crippen LogP contribution in [0.2, 0.25) is 0 Å². The highest BCUT2D eigenvalue weighted by Gasteiger charge is 2.43. The molecule has 210 valence electrons. The highest BCUT2D eigenvalue weighted by molar-refractivity contribution is 7.89. The lowest BCUT2D eigenvalue weighted by Crippen LogP contribution is -2.54. The summed E-state index contributed by atoms with van der Waals surface area (Å²) in [6, 6.07) is 9.15. The van der Waals surface area contributed by atoms with Crippen molar-refractivity contribution in [2.45, 2.75) is 43.2 Å². The number of ether oxygens (including phenoxy) is 2. The fourth-order valence-corrected chi connectivity index (χ4v) is 5.58. The monoisotopic (exact) mass is 561 g/mol. The molecule has 13 heteroatoms. The minimum absolute atomic E-state index is 0.00169. The van der Waals surface area contributed by atoms with E-state index in [-0.39, 0.29) is 36.7 Å². The normalized spacial score (nSPS) is 15.7. The number of benzene rings is 2. The number of nitrogens with zero attached hydrogens (tertiary/aromatic N) is 2. The molecule has 39 heavy (non-hydrogen) atoms. The van der Waals surface area contributed by atoms with Crippen molar-refractivity contribution in [2.24, 2.45) is 0 Å². The van der Waals surface area contributed by atoms with E-state index >= 15 is 0 Å². The Morgan fingerprint density at radius 1 is 1.13 bits per heavy atom. The van der Waals surface area contributed by atoms with Gasteiger partial charge in [-0.1, -0.05) is 29.8 Å². The number of hydrogen-bond acceptors (Lipinski definition) is 9. The van der Waals surface area contributed by atoms with Crippen molar-refractivity contribution in [2.75, 3.05) is 26.7 Å². The summed E-state index contributed by atoms with van der Waals surface area (Å²) in [5.74, 6) is -2.14. The fraction of sp³-hybridized carbons (Fsp3) is 0.385. The molecule has 2 N–H and O–H groups in total. The summed E-state index contributed by atoms with van der Waals surface area (Å²) in [7, 11) is -3.05. The second kappa shape index (κ2) is 13.2. The Bertz CT molecular complexity index is 1270. The molecule has 3 rings (SSSR count). The molecule has 0 spiro atoms. The lowest BCUT2D eigenvalue weighted by molar-refractivity contribution is -0.146. The Hall–Kier alpha value is -3.97. The van der Waals surface area contributed by atoms with Crippen LogP contribution in [-0.2, 0) is 35.6 Å². The smallest absolute Gasteiger partial charge is 0.415 e. The molecule has 1 saturated heterocycles. The van der Waals surface area contributed by atoms with Gasteiger partial charge < -0.3 is 24.8 Å². The van der Waals surface area contributed by atoms with Crippen molar-refractivity contribution in [1.29, 1.82) is 0 Å². The zero-order valence-corrected chi connectivity index (χ0v) is 22.4. The number of carbonyl (C=O) groups is 4. The predicted molar refractivity (Wildman–Crippen MR) is 138 cm³/mol. The van der Waals surface area contributed by atoms with Crippen molar-refractivity contribution in [1.82, 2.24) is 14.5 Å². The molecule has 0 bridgehead atoms. The second-order valence-electron chi connectivity index (χ2n) is 9.06. The van der Waals surface area contributed by atoms with Gasteiger partial charge in [-0.2, -0.15) is 0 Å². The van der Waals surface area contributed by atoms with E-state index in [0.29, 0.717) is 29.3 Å². The first-order valence-corrected chi connectivity index (χ1v) is 13.7. The zero-order chi connectivity index (χ0) is 28.6. The number of nitrogens with one attached hydrogen (secondary N) is 1. The highest BCUT2D eigenvalue weighted by atomic mass is 32.2. The van der Waals surface area contributed by atoms with Crippen LogP contribution in [0.4, 0.5) is 4.79 Å². The van der Waals surface area contributed by atoms with Crippen molar-refractivity contribution in [3.05, 3.63) is 59.7 Å². The summed E-state index contributed by atoms with van der Waals surface area (Å²) < 4.78 is 37.5. The maximum Gasteiger partial charge on any atom is 0.415 e. The first kappa shape index (κ1) is 29.6. The second-order valence-corrected chi connectivity index (χ2v) is 10.9.